The van der Waals surface area contributed by atoms with Crippen LogP contribution in [0.4, 0.5) is 4.79 Å². The molecule has 0 aliphatic carbocycles. The summed E-state index contributed by atoms with van der Waals surface area (Å²) in [5, 5.41) is 8.86. The van der Waals surface area contributed by atoms with E-state index in [4.69, 9.17) is 5.11 Å². The molecule has 3 amide bonds. The van der Waals surface area contributed by atoms with Crippen LogP contribution in [0, 0.1) is 0 Å². The predicted octanol–water partition coefficient (Wildman–Crippen LogP) is -1.17. The van der Waals surface area contributed by atoms with E-state index in [-0.39, 0.29) is 25.0 Å². The van der Waals surface area contributed by atoms with Gasteiger partial charge in [0, 0.05) is 33.2 Å². The zero-order chi connectivity index (χ0) is 15.3. The van der Waals surface area contributed by atoms with Crippen molar-refractivity contribution in [2.45, 2.75) is 0 Å². The van der Waals surface area contributed by atoms with Crippen molar-refractivity contribution in [2.75, 3.05) is 60.4 Å². The molecule has 0 saturated carbocycles. The SMILES string of the molecule is CN(C)CCN(CC(=O)O)C(=O)CN1CCN(C)C1=O. The van der Waals surface area contributed by atoms with E-state index in [1.54, 1.807) is 7.05 Å². The zero-order valence-corrected chi connectivity index (χ0v) is 12.2. The van der Waals surface area contributed by atoms with Gasteiger partial charge in [-0.3, -0.25) is 9.59 Å². The summed E-state index contributed by atoms with van der Waals surface area (Å²) in [5.74, 6) is -1.39. The summed E-state index contributed by atoms with van der Waals surface area (Å²) in [6, 6.07) is -0.193. The molecule has 0 unspecified atom stereocenters. The molecule has 8 heteroatoms. The number of aliphatic carboxylic acids is 1. The topological polar surface area (TPSA) is 84.4 Å². The number of hydrogen-bond acceptors (Lipinski definition) is 4. The smallest absolute Gasteiger partial charge is 0.323 e. The number of likely N-dealkylation sites (N-methyl/N-ethyl adjacent to an activating group) is 2. The van der Waals surface area contributed by atoms with Crippen LogP contribution in [0.5, 0.6) is 0 Å². The minimum absolute atomic E-state index is 0.0656. The molecule has 0 aromatic heterocycles. The molecule has 0 aromatic carbocycles. The van der Waals surface area contributed by atoms with Crippen molar-refractivity contribution in [3.8, 4) is 0 Å². The third-order valence-corrected chi connectivity index (χ3v) is 3.12. The number of rotatable bonds is 7. The van der Waals surface area contributed by atoms with Crippen molar-refractivity contribution in [3.05, 3.63) is 0 Å². The fourth-order valence-corrected chi connectivity index (χ4v) is 1.89. The van der Waals surface area contributed by atoms with Crippen molar-refractivity contribution >= 4 is 17.9 Å². The molecule has 8 nitrogen and oxygen atoms in total. The first-order valence-corrected chi connectivity index (χ1v) is 6.45. The molecule has 1 aliphatic heterocycles. The molecule has 1 aliphatic rings. The minimum Gasteiger partial charge on any atom is -0.480 e. The number of urea groups is 1. The number of carboxylic acid groups (broad SMARTS) is 1. The Bertz CT molecular complexity index is 386. The largest absolute Gasteiger partial charge is 0.480 e. The molecule has 114 valence electrons. The van der Waals surface area contributed by atoms with E-state index in [0.717, 1.165) is 0 Å². The molecule has 1 heterocycles. The molecule has 0 aromatic rings. The van der Waals surface area contributed by atoms with Crippen LogP contribution in [0.2, 0.25) is 0 Å². The highest BCUT2D eigenvalue weighted by Crippen LogP contribution is 2.06. The van der Waals surface area contributed by atoms with Crippen LogP contribution in [0.3, 0.4) is 0 Å². The first-order chi connectivity index (χ1) is 9.31. The summed E-state index contributed by atoms with van der Waals surface area (Å²) in [5.41, 5.74) is 0. The van der Waals surface area contributed by atoms with Crippen molar-refractivity contribution in [2.24, 2.45) is 0 Å². The van der Waals surface area contributed by atoms with Crippen molar-refractivity contribution in [3.63, 3.8) is 0 Å². The van der Waals surface area contributed by atoms with Crippen LogP contribution in [-0.4, -0.2) is 103 Å². The zero-order valence-electron chi connectivity index (χ0n) is 12.2. The maximum Gasteiger partial charge on any atom is 0.323 e. The van der Waals surface area contributed by atoms with E-state index in [1.807, 2.05) is 19.0 Å². The Morgan fingerprint density at radius 1 is 1.25 bits per heavy atom. The van der Waals surface area contributed by atoms with E-state index in [9.17, 15) is 14.4 Å². The number of nitrogens with zero attached hydrogens (tertiary/aromatic N) is 4. The Balaban J connectivity index is 2.58. The van der Waals surface area contributed by atoms with Gasteiger partial charge in [-0.1, -0.05) is 0 Å². The average Bonchev–Trinajstić information content (AvgIpc) is 2.65. The Morgan fingerprint density at radius 3 is 2.35 bits per heavy atom. The van der Waals surface area contributed by atoms with E-state index >= 15 is 0 Å². The molecule has 0 spiro atoms. The molecule has 20 heavy (non-hydrogen) atoms. The summed E-state index contributed by atoms with van der Waals surface area (Å²) in [6.07, 6.45) is 0. The van der Waals surface area contributed by atoms with Gasteiger partial charge in [0.05, 0.1) is 0 Å². The predicted molar refractivity (Wildman–Crippen MR) is 72.4 cm³/mol. The Hall–Kier alpha value is -1.83. The Kier molecular flexibility index (Phi) is 5.75. The van der Waals surface area contributed by atoms with Gasteiger partial charge in [-0.25, -0.2) is 4.79 Å². The van der Waals surface area contributed by atoms with Gasteiger partial charge >= 0.3 is 12.0 Å². The normalized spacial score (nSPS) is 15.1. The fourth-order valence-electron chi connectivity index (χ4n) is 1.89. The van der Waals surface area contributed by atoms with Gasteiger partial charge in [-0.15, -0.1) is 0 Å². The van der Waals surface area contributed by atoms with Crippen molar-refractivity contribution in [1.82, 2.24) is 19.6 Å². The van der Waals surface area contributed by atoms with Gasteiger partial charge < -0.3 is 24.7 Å². The second kappa shape index (κ2) is 7.09. The van der Waals surface area contributed by atoms with Gasteiger partial charge in [0.25, 0.3) is 0 Å². The highest BCUT2D eigenvalue weighted by molar-refractivity contribution is 5.87. The number of carbonyl (C=O) groups excluding carboxylic acids is 2. The summed E-state index contributed by atoms with van der Waals surface area (Å²) >= 11 is 0. The third-order valence-electron chi connectivity index (χ3n) is 3.12. The van der Waals surface area contributed by atoms with Crippen LogP contribution in [-0.2, 0) is 9.59 Å². The Labute approximate surface area is 118 Å². The number of hydrogen-bond donors (Lipinski definition) is 1. The van der Waals surface area contributed by atoms with Crippen LogP contribution < -0.4 is 0 Å². The monoisotopic (exact) mass is 286 g/mol. The van der Waals surface area contributed by atoms with Crippen LogP contribution in [0.1, 0.15) is 0 Å². The quantitative estimate of drug-likeness (QED) is 0.637. The van der Waals surface area contributed by atoms with Gasteiger partial charge in [0.15, 0.2) is 0 Å². The van der Waals surface area contributed by atoms with Gasteiger partial charge in [-0.05, 0) is 14.1 Å². The van der Waals surface area contributed by atoms with Crippen molar-refractivity contribution < 1.29 is 19.5 Å². The lowest BCUT2D eigenvalue weighted by molar-refractivity contribution is -0.144. The second-order valence-corrected chi connectivity index (χ2v) is 5.14. The van der Waals surface area contributed by atoms with Crippen LogP contribution in [0.15, 0.2) is 0 Å². The highest BCUT2D eigenvalue weighted by atomic mass is 16.4. The lowest BCUT2D eigenvalue weighted by atomic mass is 10.4. The first-order valence-electron chi connectivity index (χ1n) is 6.45. The fraction of sp³-hybridized carbons (Fsp3) is 0.750. The molecule has 1 rings (SSSR count). The summed E-state index contributed by atoms with van der Waals surface area (Å²) in [7, 11) is 5.37. The molecule has 1 N–H and O–H groups in total. The first kappa shape index (κ1) is 16.2. The van der Waals surface area contributed by atoms with Gasteiger partial charge in [0.1, 0.15) is 13.1 Å². The summed E-state index contributed by atoms with van der Waals surface area (Å²) in [4.78, 5) is 40.8. The summed E-state index contributed by atoms with van der Waals surface area (Å²) < 4.78 is 0. The number of carbonyl (C=O) groups is 3. The van der Waals surface area contributed by atoms with E-state index in [2.05, 4.69) is 0 Å². The molecule has 0 radical (unpaired) electrons. The van der Waals surface area contributed by atoms with Gasteiger partial charge in [-0.2, -0.15) is 0 Å². The van der Waals surface area contributed by atoms with Crippen LogP contribution >= 0.6 is 0 Å². The Morgan fingerprint density at radius 2 is 1.90 bits per heavy atom. The van der Waals surface area contributed by atoms with Gasteiger partial charge in [0.2, 0.25) is 5.91 Å². The molecule has 1 saturated heterocycles. The summed E-state index contributed by atoms with van der Waals surface area (Å²) in [6.45, 7) is 1.58. The maximum atomic E-state index is 12.1. The average molecular weight is 286 g/mol. The molecular formula is C12H22N4O4. The standard InChI is InChI=1S/C12H22N4O4/c1-13(2)4-6-15(9-11(18)19)10(17)8-16-7-5-14(3)12(16)20/h4-9H2,1-3H3,(H,18,19). The minimum atomic E-state index is -1.05. The number of carboxylic acids is 1. The molecule has 0 atom stereocenters. The highest BCUT2D eigenvalue weighted by Gasteiger charge is 2.29. The number of amides is 3. The third kappa shape index (κ3) is 4.69. The maximum absolute atomic E-state index is 12.1. The van der Waals surface area contributed by atoms with Crippen LogP contribution in [0.25, 0.3) is 0 Å². The molecule has 0 bridgehead atoms. The second-order valence-electron chi connectivity index (χ2n) is 5.14. The molecule has 1 fully saturated rings. The van der Waals surface area contributed by atoms with E-state index in [1.165, 1.54) is 14.7 Å². The van der Waals surface area contributed by atoms with E-state index in [0.29, 0.717) is 26.2 Å². The van der Waals surface area contributed by atoms with E-state index < -0.39 is 5.97 Å². The van der Waals surface area contributed by atoms with Crippen molar-refractivity contribution in [1.29, 1.82) is 0 Å². The lowest BCUT2D eigenvalue weighted by Crippen LogP contribution is -2.45. The lowest BCUT2D eigenvalue weighted by Gasteiger charge is -2.25. The molecular weight excluding hydrogens is 264 g/mol.